The Balaban J connectivity index is 1.94. The Hall–Kier alpha value is -0.120. The highest BCUT2D eigenvalue weighted by Crippen LogP contribution is 2.16. The molecule has 0 amide bonds. The molecule has 1 N–H and O–H groups in total. The van der Waals surface area contributed by atoms with Crippen LogP contribution < -0.4 is 5.32 Å². The normalized spacial score (nSPS) is 23.6. The first-order valence-corrected chi connectivity index (χ1v) is 6.13. The van der Waals surface area contributed by atoms with Crippen molar-refractivity contribution in [1.29, 1.82) is 0 Å². The molecule has 0 aliphatic carbocycles. The third kappa shape index (κ3) is 5.50. The zero-order valence-electron chi connectivity index (χ0n) is 10.3. The van der Waals surface area contributed by atoms with E-state index in [4.69, 9.17) is 9.47 Å². The summed E-state index contributed by atoms with van der Waals surface area (Å²) in [4.78, 5) is 0. The predicted octanol–water partition coefficient (Wildman–Crippen LogP) is 1.82. The first-order valence-electron chi connectivity index (χ1n) is 6.13. The summed E-state index contributed by atoms with van der Waals surface area (Å²) in [6.07, 6.45) is 2.65. The molecule has 0 aromatic heterocycles. The topological polar surface area (TPSA) is 30.5 Å². The molecule has 90 valence electrons. The van der Waals surface area contributed by atoms with E-state index in [0.717, 1.165) is 32.8 Å². The van der Waals surface area contributed by atoms with Gasteiger partial charge in [0, 0.05) is 19.3 Å². The molecule has 2 atom stereocenters. The summed E-state index contributed by atoms with van der Waals surface area (Å²) < 4.78 is 10.9. The van der Waals surface area contributed by atoms with Crippen LogP contribution in [0.25, 0.3) is 0 Å². The lowest BCUT2D eigenvalue weighted by Crippen LogP contribution is -2.34. The Morgan fingerprint density at radius 1 is 1.40 bits per heavy atom. The molecular formula is C12H25NO2. The van der Waals surface area contributed by atoms with Crippen LogP contribution in [0.5, 0.6) is 0 Å². The van der Waals surface area contributed by atoms with Crippen molar-refractivity contribution in [3.05, 3.63) is 0 Å². The minimum Gasteiger partial charge on any atom is -0.381 e. The van der Waals surface area contributed by atoms with E-state index in [0.29, 0.717) is 18.1 Å². The van der Waals surface area contributed by atoms with Gasteiger partial charge in [0.05, 0.1) is 12.7 Å². The minimum atomic E-state index is 0.352. The van der Waals surface area contributed by atoms with E-state index >= 15 is 0 Å². The molecule has 1 aliphatic heterocycles. The minimum absolute atomic E-state index is 0.352. The quantitative estimate of drug-likeness (QED) is 0.657. The summed E-state index contributed by atoms with van der Waals surface area (Å²) >= 11 is 0. The van der Waals surface area contributed by atoms with Crippen molar-refractivity contribution in [2.45, 2.75) is 45.8 Å². The van der Waals surface area contributed by atoms with Gasteiger partial charge in [-0.05, 0) is 46.1 Å². The highest BCUT2D eigenvalue weighted by molar-refractivity contribution is 4.75. The monoisotopic (exact) mass is 215 g/mol. The molecule has 1 aliphatic rings. The Labute approximate surface area is 93.5 Å². The van der Waals surface area contributed by atoms with Crippen molar-refractivity contribution in [3.8, 4) is 0 Å². The zero-order valence-corrected chi connectivity index (χ0v) is 10.3. The maximum Gasteiger partial charge on any atom is 0.0518 e. The molecule has 0 bridgehead atoms. The Kier molecular flexibility index (Phi) is 6.22. The van der Waals surface area contributed by atoms with E-state index in [1.54, 1.807) is 0 Å². The van der Waals surface area contributed by atoms with Crippen LogP contribution in [0, 0.1) is 5.92 Å². The number of rotatable bonds is 7. The maximum absolute atomic E-state index is 5.48. The maximum atomic E-state index is 5.48. The van der Waals surface area contributed by atoms with Crippen LogP contribution in [-0.4, -0.2) is 38.5 Å². The van der Waals surface area contributed by atoms with E-state index in [9.17, 15) is 0 Å². The van der Waals surface area contributed by atoms with E-state index in [1.165, 1.54) is 6.42 Å². The molecule has 1 rings (SSSR count). The van der Waals surface area contributed by atoms with Crippen molar-refractivity contribution in [2.75, 3.05) is 26.4 Å². The van der Waals surface area contributed by atoms with Crippen molar-refractivity contribution in [3.63, 3.8) is 0 Å². The summed E-state index contributed by atoms with van der Waals surface area (Å²) in [6.45, 7) is 10.2. The predicted molar refractivity (Wildman–Crippen MR) is 62.1 cm³/mol. The van der Waals surface area contributed by atoms with Gasteiger partial charge >= 0.3 is 0 Å². The van der Waals surface area contributed by atoms with Crippen LogP contribution >= 0.6 is 0 Å². The second kappa shape index (κ2) is 7.20. The van der Waals surface area contributed by atoms with Crippen LogP contribution in [0.15, 0.2) is 0 Å². The molecule has 0 spiro atoms. The lowest BCUT2D eigenvalue weighted by molar-refractivity contribution is 0.0764. The molecule has 3 nitrogen and oxygen atoms in total. The molecule has 0 aromatic rings. The van der Waals surface area contributed by atoms with E-state index in [2.05, 4.69) is 26.1 Å². The average molecular weight is 215 g/mol. The van der Waals surface area contributed by atoms with E-state index < -0.39 is 0 Å². The van der Waals surface area contributed by atoms with Crippen LogP contribution in [0.3, 0.4) is 0 Å². The highest BCUT2D eigenvalue weighted by Gasteiger charge is 2.21. The molecule has 1 saturated heterocycles. The average Bonchev–Trinajstić information content (AvgIpc) is 2.69. The summed E-state index contributed by atoms with van der Waals surface area (Å²) in [5.41, 5.74) is 0. The third-order valence-electron chi connectivity index (χ3n) is 2.91. The van der Waals surface area contributed by atoms with Crippen LogP contribution in [-0.2, 0) is 9.47 Å². The second-order valence-corrected chi connectivity index (χ2v) is 4.64. The standard InChI is InChI=1S/C12H25NO2/c1-10(2)15-7-4-6-13-11(3)12-5-8-14-9-12/h10-13H,4-9H2,1-3H3. The Morgan fingerprint density at radius 3 is 2.80 bits per heavy atom. The third-order valence-corrected chi connectivity index (χ3v) is 2.91. The van der Waals surface area contributed by atoms with Crippen LogP contribution in [0.2, 0.25) is 0 Å². The van der Waals surface area contributed by atoms with Crippen LogP contribution in [0.1, 0.15) is 33.6 Å². The molecule has 0 radical (unpaired) electrons. The Bertz CT molecular complexity index is 156. The molecule has 0 saturated carbocycles. The smallest absolute Gasteiger partial charge is 0.0518 e. The van der Waals surface area contributed by atoms with Crippen molar-refractivity contribution < 1.29 is 9.47 Å². The van der Waals surface area contributed by atoms with Crippen molar-refractivity contribution in [2.24, 2.45) is 5.92 Å². The second-order valence-electron chi connectivity index (χ2n) is 4.64. The van der Waals surface area contributed by atoms with Gasteiger partial charge in [-0.3, -0.25) is 0 Å². The summed E-state index contributed by atoms with van der Waals surface area (Å²) in [5.74, 6) is 0.705. The van der Waals surface area contributed by atoms with E-state index in [-0.39, 0.29) is 0 Å². The fourth-order valence-electron chi connectivity index (χ4n) is 1.83. The SMILES string of the molecule is CC(C)OCCCNC(C)C1CCOC1. The van der Waals surface area contributed by atoms with Gasteiger partial charge in [-0.15, -0.1) is 0 Å². The molecule has 1 heterocycles. The number of ether oxygens (including phenoxy) is 2. The molecule has 1 fully saturated rings. The summed E-state index contributed by atoms with van der Waals surface area (Å²) in [6, 6.07) is 0.576. The van der Waals surface area contributed by atoms with Crippen molar-refractivity contribution >= 4 is 0 Å². The van der Waals surface area contributed by atoms with Gasteiger partial charge in [0.25, 0.3) is 0 Å². The lowest BCUT2D eigenvalue weighted by atomic mass is 10.0. The van der Waals surface area contributed by atoms with Gasteiger partial charge in [0.15, 0.2) is 0 Å². The number of hydrogen-bond acceptors (Lipinski definition) is 3. The first kappa shape index (κ1) is 12.9. The van der Waals surface area contributed by atoms with Gasteiger partial charge in [-0.1, -0.05) is 0 Å². The van der Waals surface area contributed by atoms with Gasteiger partial charge < -0.3 is 14.8 Å². The number of nitrogens with one attached hydrogen (secondary N) is 1. The summed E-state index contributed by atoms with van der Waals surface area (Å²) in [5, 5.41) is 3.54. The van der Waals surface area contributed by atoms with Gasteiger partial charge in [0.2, 0.25) is 0 Å². The first-order chi connectivity index (χ1) is 7.20. The van der Waals surface area contributed by atoms with Gasteiger partial charge in [-0.2, -0.15) is 0 Å². The summed E-state index contributed by atoms with van der Waals surface area (Å²) in [7, 11) is 0. The molecular weight excluding hydrogens is 190 g/mol. The number of hydrogen-bond donors (Lipinski definition) is 1. The van der Waals surface area contributed by atoms with Crippen molar-refractivity contribution in [1.82, 2.24) is 5.32 Å². The fraction of sp³-hybridized carbons (Fsp3) is 1.00. The lowest BCUT2D eigenvalue weighted by Gasteiger charge is -2.19. The molecule has 0 aromatic carbocycles. The Morgan fingerprint density at radius 2 is 2.20 bits per heavy atom. The molecule has 15 heavy (non-hydrogen) atoms. The fourth-order valence-corrected chi connectivity index (χ4v) is 1.83. The zero-order chi connectivity index (χ0) is 11.1. The highest BCUT2D eigenvalue weighted by atomic mass is 16.5. The van der Waals surface area contributed by atoms with Gasteiger partial charge in [0.1, 0.15) is 0 Å². The van der Waals surface area contributed by atoms with E-state index in [1.807, 2.05) is 0 Å². The largest absolute Gasteiger partial charge is 0.381 e. The van der Waals surface area contributed by atoms with Gasteiger partial charge in [-0.25, -0.2) is 0 Å². The van der Waals surface area contributed by atoms with Crippen LogP contribution in [0.4, 0.5) is 0 Å². The molecule has 2 unspecified atom stereocenters. The molecule has 3 heteroatoms.